The molecule has 0 radical (unpaired) electrons. The number of rotatable bonds is 3. The number of nitrogens with zero attached hydrogens (tertiary/aromatic N) is 5. The number of hydrogen-bond donors (Lipinski definition) is 0. The Morgan fingerprint density at radius 1 is 1.27 bits per heavy atom. The van der Waals surface area contributed by atoms with Crippen LogP contribution >= 0.6 is 0 Å². The fourth-order valence-corrected chi connectivity index (χ4v) is 4.41. The van der Waals surface area contributed by atoms with Gasteiger partial charge < -0.3 is 9.64 Å². The summed E-state index contributed by atoms with van der Waals surface area (Å²) in [5, 5.41) is 0. The Balaban J connectivity index is 1.37. The number of piperazine rings is 1. The van der Waals surface area contributed by atoms with Crippen molar-refractivity contribution in [2.24, 2.45) is 0 Å². The number of likely N-dealkylation sites (tertiary alicyclic amines) is 1. The summed E-state index contributed by atoms with van der Waals surface area (Å²) in [5.74, 6) is -0.0406. The second kappa shape index (κ2) is 6.83. The molecule has 140 valence electrons. The van der Waals surface area contributed by atoms with Gasteiger partial charge in [-0.15, -0.1) is 0 Å². The molecule has 1 unspecified atom stereocenters. The summed E-state index contributed by atoms with van der Waals surface area (Å²) in [5.41, 5.74) is 0.230. The van der Waals surface area contributed by atoms with Crippen molar-refractivity contribution in [1.82, 2.24) is 24.7 Å². The molecule has 8 nitrogen and oxygen atoms in total. The summed E-state index contributed by atoms with van der Waals surface area (Å²) in [6.45, 7) is 6.54. The van der Waals surface area contributed by atoms with Crippen molar-refractivity contribution < 1.29 is 14.3 Å². The Hall–Kier alpha value is -2.22. The van der Waals surface area contributed by atoms with Crippen LogP contribution in [0.1, 0.15) is 36.7 Å². The highest BCUT2D eigenvalue weighted by Crippen LogP contribution is 2.33. The van der Waals surface area contributed by atoms with Gasteiger partial charge in [0, 0.05) is 51.2 Å². The Morgan fingerprint density at radius 3 is 2.77 bits per heavy atom. The van der Waals surface area contributed by atoms with Gasteiger partial charge in [-0.2, -0.15) is 0 Å². The van der Waals surface area contributed by atoms with E-state index in [9.17, 15) is 9.59 Å². The van der Waals surface area contributed by atoms with Crippen molar-refractivity contribution in [1.29, 1.82) is 0 Å². The van der Waals surface area contributed by atoms with Crippen LogP contribution < -0.4 is 0 Å². The number of ether oxygens (including phenoxy) is 1. The minimum absolute atomic E-state index is 0.0406. The van der Waals surface area contributed by atoms with Crippen LogP contribution in [0.4, 0.5) is 4.79 Å². The summed E-state index contributed by atoms with van der Waals surface area (Å²) >= 11 is 0. The molecule has 0 bridgehead atoms. The third-order valence-corrected chi connectivity index (χ3v) is 6.07. The molecule has 26 heavy (non-hydrogen) atoms. The van der Waals surface area contributed by atoms with Crippen molar-refractivity contribution in [3.63, 3.8) is 0 Å². The molecule has 1 aromatic heterocycles. The van der Waals surface area contributed by atoms with Crippen LogP contribution in [0.25, 0.3) is 0 Å². The standard InChI is InChI=1S/C18H25N5O3/c1-2-18-12-22(9-10-23(18)17(25)26-13-18)14-3-7-21(8-4-14)16(24)15-11-19-5-6-20-15/h5-6,11,14H,2-4,7-10,12-13H2,1H3. The highest BCUT2D eigenvalue weighted by molar-refractivity contribution is 5.92. The fourth-order valence-electron chi connectivity index (χ4n) is 4.41. The van der Waals surface area contributed by atoms with Crippen molar-refractivity contribution in [3.8, 4) is 0 Å². The van der Waals surface area contributed by atoms with Gasteiger partial charge >= 0.3 is 6.09 Å². The Morgan fingerprint density at radius 2 is 2.08 bits per heavy atom. The molecule has 3 aliphatic heterocycles. The van der Waals surface area contributed by atoms with Crippen LogP contribution in [-0.2, 0) is 4.74 Å². The number of cyclic esters (lactones) is 1. The van der Waals surface area contributed by atoms with Crippen LogP contribution in [0.3, 0.4) is 0 Å². The molecule has 3 aliphatic rings. The molecular formula is C18H25N5O3. The van der Waals surface area contributed by atoms with E-state index < -0.39 is 0 Å². The van der Waals surface area contributed by atoms with Gasteiger partial charge in [-0.3, -0.25) is 19.6 Å². The maximum absolute atomic E-state index is 12.5. The van der Waals surface area contributed by atoms with Gasteiger partial charge in [-0.05, 0) is 19.3 Å². The second-order valence-corrected chi connectivity index (χ2v) is 7.37. The summed E-state index contributed by atoms with van der Waals surface area (Å²) in [6, 6.07) is 0.446. The van der Waals surface area contributed by atoms with Gasteiger partial charge in [0.1, 0.15) is 12.3 Å². The molecule has 1 aromatic rings. The number of carbonyl (C=O) groups excluding carboxylic acids is 2. The second-order valence-electron chi connectivity index (χ2n) is 7.37. The zero-order valence-electron chi connectivity index (χ0n) is 15.1. The Kier molecular flexibility index (Phi) is 4.52. The summed E-state index contributed by atoms with van der Waals surface area (Å²) in [4.78, 5) is 38.8. The van der Waals surface area contributed by atoms with E-state index in [0.29, 0.717) is 18.3 Å². The van der Waals surface area contributed by atoms with Crippen LogP contribution in [-0.4, -0.2) is 87.6 Å². The van der Waals surface area contributed by atoms with Gasteiger partial charge in [0.25, 0.3) is 5.91 Å². The van der Waals surface area contributed by atoms with Gasteiger partial charge in [0.2, 0.25) is 0 Å². The number of fused-ring (bicyclic) bond motifs is 1. The summed E-state index contributed by atoms with van der Waals surface area (Å²) in [7, 11) is 0. The van der Waals surface area contributed by atoms with E-state index in [2.05, 4.69) is 21.8 Å². The zero-order chi connectivity index (χ0) is 18.1. The lowest BCUT2D eigenvalue weighted by molar-refractivity contribution is 0.00718. The topological polar surface area (TPSA) is 78.9 Å². The van der Waals surface area contributed by atoms with Gasteiger partial charge in [-0.1, -0.05) is 6.92 Å². The molecule has 0 aliphatic carbocycles. The van der Waals surface area contributed by atoms with Crippen LogP contribution in [0.2, 0.25) is 0 Å². The lowest BCUT2D eigenvalue weighted by Gasteiger charge is -2.48. The molecule has 3 fully saturated rings. The normalized spacial score (nSPS) is 27.3. The third-order valence-electron chi connectivity index (χ3n) is 6.07. The first-order valence-corrected chi connectivity index (χ1v) is 9.37. The molecule has 2 amide bonds. The average molecular weight is 359 g/mol. The highest BCUT2D eigenvalue weighted by Gasteiger charge is 2.50. The van der Waals surface area contributed by atoms with Crippen molar-refractivity contribution in [2.75, 3.05) is 39.3 Å². The first-order chi connectivity index (χ1) is 12.6. The highest BCUT2D eigenvalue weighted by atomic mass is 16.6. The van der Waals surface area contributed by atoms with Gasteiger partial charge in [0.05, 0.1) is 11.7 Å². The Labute approximate surface area is 153 Å². The van der Waals surface area contributed by atoms with E-state index in [1.165, 1.54) is 6.20 Å². The van der Waals surface area contributed by atoms with E-state index in [-0.39, 0.29) is 17.5 Å². The van der Waals surface area contributed by atoms with E-state index in [1.807, 2.05) is 9.80 Å². The predicted octanol–water partition coefficient (Wildman–Crippen LogP) is 0.998. The minimum atomic E-state index is -0.179. The van der Waals surface area contributed by atoms with Crippen molar-refractivity contribution in [3.05, 3.63) is 24.3 Å². The van der Waals surface area contributed by atoms with Crippen molar-refractivity contribution >= 4 is 12.0 Å². The lowest BCUT2D eigenvalue weighted by atomic mass is 9.90. The smallest absolute Gasteiger partial charge is 0.410 e. The largest absolute Gasteiger partial charge is 0.447 e. The van der Waals surface area contributed by atoms with Crippen LogP contribution in [0.15, 0.2) is 18.6 Å². The van der Waals surface area contributed by atoms with Crippen LogP contribution in [0, 0.1) is 0 Å². The number of carbonyl (C=O) groups is 2. The molecule has 0 aromatic carbocycles. The molecule has 0 N–H and O–H groups in total. The van der Waals surface area contributed by atoms with Crippen LogP contribution in [0.5, 0.6) is 0 Å². The first-order valence-electron chi connectivity index (χ1n) is 9.37. The molecule has 8 heteroatoms. The molecule has 1 atom stereocenters. The first kappa shape index (κ1) is 17.2. The van der Waals surface area contributed by atoms with E-state index in [4.69, 9.17) is 4.74 Å². The summed E-state index contributed by atoms with van der Waals surface area (Å²) in [6.07, 6.45) is 7.27. The predicted molar refractivity (Wildman–Crippen MR) is 93.6 cm³/mol. The summed E-state index contributed by atoms with van der Waals surface area (Å²) < 4.78 is 5.32. The molecule has 3 saturated heterocycles. The molecule has 0 spiro atoms. The number of aromatic nitrogens is 2. The van der Waals surface area contributed by atoms with Gasteiger partial charge in [0.15, 0.2) is 0 Å². The number of hydrogen-bond acceptors (Lipinski definition) is 6. The maximum Gasteiger partial charge on any atom is 0.410 e. The molecule has 0 saturated carbocycles. The SMILES string of the molecule is CCC12COC(=O)N1CCN(C1CCN(C(=O)c3cnccn3)CC1)C2. The van der Waals surface area contributed by atoms with E-state index in [1.54, 1.807) is 12.4 Å². The van der Waals surface area contributed by atoms with E-state index >= 15 is 0 Å². The average Bonchev–Trinajstić information content (AvgIpc) is 3.05. The third kappa shape index (κ3) is 2.92. The molecule has 4 heterocycles. The quantitative estimate of drug-likeness (QED) is 0.801. The van der Waals surface area contributed by atoms with Crippen molar-refractivity contribution in [2.45, 2.75) is 37.8 Å². The minimum Gasteiger partial charge on any atom is -0.447 e. The maximum atomic E-state index is 12.5. The number of amides is 2. The van der Waals surface area contributed by atoms with Gasteiger partial charge in [-0.25, -0.2) is 9.78 Å². The zero-order valence-corrected chi connectivity index (χ0v) is 15.1. The van der Waals surface area contributed by atoms with E-state index in [0.717, 1.165) is 52.0 Å². The molecular weight excluding hydrogens is 334 g/mol. The monoisotopic (exact) mass is 359 g/mol. The number of piperidine rings is 1. The fraction of sp³-hybridized carbons (Fsp3) is 0.667. The lowest BCUT2D eigenvalue weighted by Crippen LogP contribution is -2.63. The molecule has 4 rings (SSSR count). The Bertz CT molecular complexity index is 677.